The molecule has 2 aliphatic heterocycles. The van der Waals surface area contributed by atoms with Crippen LogP contribution in [-0.2, 0) is 30.5 Å². The number of benzene rings is 3. The van der Waals surface area contributed by atoms with E-state index < -0.39 is 34.6 Å². The maximum absolute atomic E-state index is 12.4. The second-order valence-electron chi connectivity index (χ2n) is 16.0. The molecule has 5 nitrogen and oxygen atoms in total. The zero-order chi connectivity index (χ0) is 34.7. The summed E-state index contributed by atoms with van der Waals surface area (Å²) in [7, 11) is -5.06. The van der Waals surface area contributed by atoms with Crippen molar-refractivity contribution in [1.29, 1.82) is 0 Å². The van der Waals surface area contributed by atoms with E-state index in [1.54, 1.807) is 0 Å². The van der Waals surface area contributed by atoms with Crippen LogP contribution in [0.3, 0.4) is 0 Å². The highest BCUT2D eigenvalue weighted by Gasteiger charge is 2.57. The summed E-state index contributed by atoms with van der Waals surface area (Å²) in [6.07, 6.45) is 1.45. The number of aliphatic hydroxyl groups excluding tert-OH is 1. The first kappa shape index (κ1) is 37.2. The standard InChI is InChI=1S/C41H60O5Si2/c1-30(2)47(31(3)4,32(5)6)46-38-29-34(45-41(39(38)42)37-25-17-16-19-33(37)20-18-27-43-41)26-28-44-48(40(7,8)9,35-21-12-10-13-22-35)36-23-14-11-15-24-36/h10-17,19,21-25,30-32,34,38-39,42H,18,20,26-29H2,1-9H3/t34-,38+,39-,41+/m1/s1. The lowest BCUT2D eigenvalue weighted by molar-refractivity contribution is -0.348. The fourth-order valence-electron chi connectivity index (χ4n) is 9.05. The normalized spacial score (nSPS) is 23.9. The molecule has 1 fully saturated rings. The molecule has 3 aromatic rings. The van der Waals surface area contributed by atoms with Gasteiger partial charge in [-0.3, -0.25) is 0 Å². The van der Waals surface area contributed by atoms with Crippen molar-refractivity contribution in [2.24, 2.45) is 0 Å². The summed E-state index contributed by atoms with van der Waals surface area (Å²) in [5, 5.41) is 14.8. The van der Waals surface area contributed by atoms with E-state index in [-0.39, 0.29) is 11.1 Å². The van der Waals surface area contributed by atoms with Gasteiger partial charge in [-0.05, 0) is 56.9 Å². The molecule has 5 rings (SSSR count). The molecule has 0 aliphatic carbocycles. The Bertz CT molecular complexity index is 1390. The zero-order valence-electron chi connectivity index (χ0n) is 30.9. The van der Waals surface area contributed by atoms with Crippen LogP contribution in [0.5, 0.6) is 0 Å². The predicted octanol–water partition coefficient (Wildman–Crippen LogP) is 8.48. The van der Waals surface area contributed by atoms with Gasteiger partial charge in [0.25, 0.3) is 8.32 Å². The van der Waals surface area contributed by atoms with E-state index in [9.17, 15) is 5.11 Å². The van der Waals surface area contributed by atoms with Gasteiger partial charge < -0.3 is 23.4 Å². The first-order valence-corrected chi connectivity index (χ1v) is 22.4. The Morgan fingerprint density at radius 2 is 1.35 bits per heavy atom. The van der Waals surface area contributed by atoms with Crippen LogP contribution in [0.2, 0.25) is 21.7 Å². The molecule has 1 N–H and O–H groups in total. The van der Waals surface area contributed by atoms with Crippen molar-refractivity contribution in [3.05, 3.63) is 96.1 Å². The van der Waals surface area contributed by atoms with Gasteiger partial charge in [0.1, 0.15) is 6.10 Å². The molecule has 262 valence electrons. The minimum atomic E-state index is -2.72. The van der Waals surface area contributed by atoms with Crippen molar-refractivity contribution in [2.45, 2.75) is 134 Å². The van der Waals surface area contributed by atoms with Gasteiger partial charge in [-0.2, -0.15) is 0 Å². The van der Waals surface area contributed by atoms with Gasteiger partial charge in [0.05, 0.1) is 18.8 Å². The lowest BCUT2D eigenvalue weighted by Crippen LogP contribution is -2.67. The van der Waals surface area contributed by atoms with Crippen LogP contribution in [-0.4, -0.2) is 53.3 Å². The van der Waals surface area contributed by atoms with Crippen molar-refractivity contribution in [3.8, 4) is 0 Å². The van der Waals surface area contributed by atoms with E-state index in [2.05, 4.69) is 141 Å². The van der Waals surface area contributed by atoms with Crippen molar-refractivity contribution in [1.82, 2.24) is 0 Å². The Kier molecular flexibility index (Phi) is 11.6. The molecule has 0 aromatic heterocycles. The van der Waals surface area contributed by atoms with Gasteiger partial charge in [0, 0.05) is 18.6 Å². The maximum Gasteiger partial charge on any atom is 0.261 e. The summed E-state index contributed by atoms with van der Waals surface area (Å²) in [6.45, 7) is 21.8. The highest BCUT2D eigenvalue weighted by Crippen LogP contribution is 2.49. The largest absolute Gasteiger partial charge is 0.410 e. The van der Waals surface area contributed by atoms with Crippen LogP contribution in [0.15, 0.2) is 84.9 Å². The Morgan fingerprint density at radius 1 is 0.812 bits per heavy atom. The number of hydrogen-bond donors (Lipinski definition) is 1. The Labute approximate surface area is 292 Å². The van der Waals surface area contributed by atoms with Crippen molar-refractivity contribution < 1.29 is 23.4 Å². The molecule has 1 saturated heterocycles. The highest BCUT2D eigenvalue weighted by molar-refractivity contribution is 6.99. The van der Waals surface area contributed by atoms with Crippen LogP contribution in [0, 0.1) is 0 Å². The van der Waals surface area contributed by atoms with Crippen LogP contribution >= 0.6 is 0 Å². The molecule has 0 unspecified atom stereocenters. The van der Waals surface area contributed by atoms with Crippen LogP contribution < -0.4 is 10.4 Å². The monoisotopic (exact) mass is 688 g/mol. The van der Waals surface area contributed by atoms with Gasteiger partial charge in [-0.15, -0.1) is 0 Å². The van der Waals surface area contributed by atoms with Gasteiger partial charge in [0.15, 0.2) is 0 Å². The molecule has 7 heteroatoms. The average molecular weight is 689 g/mol. The smallest absolute Gasteiger partial charge is 0.261 e. The lowest BCUT2D eigenvalue weighted by atomic mass is 9.86. The fourth-order valence-corrected chi connectivity index (χ4v) is 19.2. The van der Waals surface area contributed by atoms with E-state index in [0.29, 0.717) is 42.7 Å². The molecular weight excluding hydrogens is 629 g/mol. The SMILES string of the molecule is CC(C)[Si](O[C@H]1C[C@@H](CCO[Si](c2ccccc2)(c2ccccc2)C(C)(C)C)O[C@]2(OCCCc3ccccc32)[C@@H]1O)(C(C)C)C(C)C. The topological polar surface area (TPSA) is 57.2 Å². The molecule has 0 amide bonds. The number of rotatable bonds is 11. The third kappa shape index (κ3) is 6.81. The van der Waals surface area contributed by atoms with Crippen molar-refractivity contribution >= 4 is 27.0 Å². The number of fused-ring (bicyclic) bond motifs is 2. The summed E-state index contributed by atoms with van der Waals surface area (Å²) in [5.41, 5.74) is 3.29. The van der Waals surface area contributed by atoms with Gasteiger partial charge in [0.2, 0.25) is 14.1 Å². The van der Waals surface area contributed by atoms with E-state index in [0.717, 1.165) is 18.4 Å². The third-order valence-corrected chi connectivity index (χ3v) is 22.3. The summed E-state index contributed by atoms with van der Waals surface area (Å²) >= 11 is 0. The molecule has 2 aliphatic rings. The molecule has 2 heterocycles. The number of aryl methyl sites for hydroxylation is 1. The number of aliphatic hydroxyl groups is 1. The van der Waals surface area contributed by atoms with E-state index in [1.807, 2.05) is 6.07 Å². The first-order valence-electron chi connectivity index (χ1n) is 18.3. The van der Waals surface area contributed by atoms with E-state index in [1.165, 1.54) is 15.9 Å². The second kappa shape index (κ2) is 15.0. The Morgan fingerprint density at radius 3 is 1.90 bits per heavy atom. The quantitative estimate of drug-likeness (QED) is 0.205. The second-order valence-corrected chi connectivity index (χ2v) is 25.7. The van der Waals surface area contributed by atoms with Crippen LogP contribution in [0.1, 0.15) is 92.7 Å². The third-order valence-electron chi connectivity index (χ3n) is 11.1. The molecule has 0 bridgehead atoms. The maximum atomic E-state index is 12.4. The first-order chi connectivity index (χ1) is 22.8. The molecule has 0 saturated carbocycles. The summed E-state index contributed by atoms with van der Waals surface area (Å²) in [5.74, 6) is -1.29. The minimum Gasteiger partial charge on any atom is -0.410 e. The summed E-state index contributed by atoms with van der Waals surface area (Å²) in [4.78, 5) is 0. The fraction of sp³-hybridized carbons (Fsp3) is 0.561. The summed E-state index contributed by atoms with van der Waals surface area (Å²) < 4.78 is 28.5. The van der Waals surface area contributed by atoms with Crippen LogP contribution in [0.25, 0.3) is 0 Å². The number of ether oxygens (including phenoxy) is 2. The van der Waals surface area contributed by atoms with Gasteiger partial charge in [-0.25, -0.2) is 0 Å². The van der Waals surface area contributed by atoms with Crippen LogP contribution in [0.4, 0.5) is 0 Å². The lowest BCUT2D eigenvalue weighted by Gasteiger charge is -2.52. The van der Waals surface area contributed by atoms with E-state index >= 15 is 0 Å². The van der Waals surface area contributed by atoms with Crippen molar-refractivity contribution in [2.75, 3.05) is 13.2 Å². The van der Waals surface area contributed by atoms with Gasteiger partial charge >= 0.3 is 0 Å². The average Bonchev–Trinajstić information content (AvgIpc) is 3.23. The molecule has 3 aromatic carbocycles. The highest BCUT2D eigenvalue weighted by atomic mass is 28.4. The molecule has 48 heavy (non-hydrogen) atoms. The predicted molar refractivity (Wildman–Crippen MR) is 202 cm³/mol. The molecular formula is C41H60O5Si2. The molecule has 1 spiro atoms. The Balaban J connectivity index is 1.53. The Hall–Kier alpha value is -2.11. The van der Waals surface area contributed by atoms with E-state index in [4.69, 9.17) is 18.3 Å². The molecule has 4 atom stereocenters. The summed E-state index contributed by atoms with van der Waals surface area (Å²) in [6, 6.07) is 30.0. The van der Waals surface area contributed by atoms with Crippen molar-refractivity contribution in [3.63, 3.8) is 0 Å². The minimum absolute atomic E-state index is 0.119. The number of hydrogen-bond acceptors (Lipinski definition) is 5. The zero-order valence-corrected chi connectivity index (χ0v) is 32.9. The van der Waals surface area contributed by atoms with Gasteiger partial charge in [-0.1, -0.05) is 147 Å². The molecule has 0 radical (unpaired) electrons.